The molecular weight excluding hydrogens is 320 g/mol. The van der Waals surface area contributed by atoms with Crippen molar-refractivity contribution in [3.63, 3.8) is 0 Å². The fourth-order valence-corrected chi connectivity index (χ4v) is 2.98. The number of carbonyl (C=O) groups is 1. The number of pyridine rings is 1. The second-order valence-electron chi connectivity index (χ2n) is 6.05. The summed E-state index contributed by atoms with van der Waals surface area (Å²) in [6.07, 6.45) is 4.70. The smallest absolute Gasteiger partial charge is 0.227 e. The van der Waals surface area contributed by atoms with Crippen molar-refractivity contribution in [2.75, 3.05) is 29.0 Å². The number of piperidine rings is 1. The topological polar surface area (TPSA) is 114 Å². The number of nitrogens with one attached hydrogen (secondary N) is 1. The normalized spacial score (nSPS) is 15.4. The number of amides is 1. The van der Waals surface area contributed by atoms with Crippen molar-refractivity contribution >= 4 is 28.9 Å². The molecule has 0 radical (unpaired) electrons. The van der Waals surface area contributed by atoms with Gasteiger partial charge in [-0.1, -0.05) is 0 Å². The van der Waals surface area contributed by atoms with Crippen LogP contribution >= 0.6 is 0 Å². The zero-order chi connectivity index (χ0) is 17.2. The highest BCUT2D eigenvalue weighted by Gasteiger charge is 2.26. The molecule has 3 N–H and O–H groups in total. The van der Waals surface area contributed by atoms with Gasteiger partial charge in [-0.3, -0.25) is 4.79 Å². The summed E-state index contributed by atoms with van der Waals surface area (Å²) in [5.74, 6) is 1.30. The molecule has 1 aliphatic heterocycles. The highest BCUT2D eigenvalue weighted by molar-refractivity contribution is 5.92. The zero-order valence-electron chi connectivity index (χ0n) is 13.5. The third-order valence-corrected chi connectivity index (χ3v) is 4.39. The van der Waals surface area contributed by atoms with E-state index in [0.717, 1.165) is 37.4 Å². The Morgan fingerprint density at radius 2 is 2.04 bits per heavy atom. The second-order valence-corrected chi connectivity index (χ2v) is 6.05. The van der Waals surface area contributed by atoms with Crippen LogP contribution in [0, 0.1) is 5.92 Å². The van der Waals surface area contributed by atoms with Crippen LogP contribution in [0.5, 0.6) is 0 Å². The summed E-state index contributed by atoms with van der Waals surface area (Å²) >= 11 is 0. The molecule has 3 aromatic heterocycles. The van der Waals surface area contributed by atoms with E-state index >= 15 is 0 Å². The van der Waals surface area contributed by atoms with E-state index in [2.05, 4.69) is 30.5 Å². The van der Waals surface area contributed by atoms with E-state index in [1.807, 2.05) is 12.1 Å². The van der Waals surface area contributed by atoms with Crippen LogP contribution in [-0.2, 0) is 4.79 Å². The number of carbonyl (C=O) groups excluding carboxylic acids is 1. The van der Waals surface area contributed by atoms with Gasteiger partial charge >= 0.3 is 0 Å². The lowest BCUT2D eigenvalue weighted by molar-refractivity contribution is -0.120. The van der Waals surface area contributed by atoms with Crippen LogP contribution in [0.1, 0.15) is 12.8 Å². The minimum absolute atomic E-state index is 0.0209. The predicted molar refractivity (Wildman–Crippen MR) is 93.0 cm³/mol. The van der Waals surface area contributed by atoms with Gasteiger partial charge < -0.3 is 16.0 Å². The van der Waals surface area contributed by atoms with Crippen LogP contribution in [-0.4, -0.2) is 43.8 Å². The predicted octanol–water partition coefficient (Wildman–Crippen LogP) is 0.957. The first-order chi connectivity index (χ1) is 12.2. The lowest BCUT2D eigenvalue weighted by Gasteiger charge is -2.31. The van der Waals surface area contributed by atoms with Crippen molar-refractivity contribution in [3.05, 3.63) is 36.8 Å². The number of hydrogen-bond donors (Lipinski definition) is 2. The molecule has 1 fully saturated rings. The van der Waals surface area contributed by atoms with Gasteiger partial charge in [0.15, 0.2) is 5.65 Å². The van der Waals surface area contributed by atoms with Crippen LogP contribution in [0.2, 0.25) is 0 Å². The summed E-state index contributed by atoms with van der Waals surface area (Å²) in [4.78, 5) is 18.6. The van der Waals surface area contributed by atoms with Gasteiger partial charge in [0.2, 0.25) is 5.91 Å². The van der Waals surface area contributed by atoms with Gasteiger partial charge in [-0.2, -0.15) is 4.52 Å². The number of rotatable bonds is 3. The van der Waals surface area contributed by atoms with Crippen molar-refractivity contribution in [1.29, 1.82) is 0 Å². The molecule has 9 heteroatoms. The molecule has 0 saturated carbocycles. The van der Waals surface area contributed by atoms with E-state index in [9.17, 15) is 4.79 Å². The second kappa shape index (κ2) is 6.34. The molecule has 128 valence electrons. The first-order valence-corrected chi connectivity index (χ1v) is 8.13. The quantitative estimate of drug-likeness (QED) is 0.731. The Kier molecular flexibility index (Phi) is 3.88. The molecular formula is C16H18N8O. The maximum Gasteiger partial charge on any atom is 0.227 e. The highest BCUT2D eigenvalue weighted by atomic mass is 16.1. The SMILES string of the molecule is Nc1ccc(NC(=O)C2CCN(c3ccc4nncn4n3)CC2)cn1. The molecule has 25 heavy (non-hydrogen) atoms. The minimum atomic E-state index is -0.0209. The number of nitrogen functional groups attached to an aromatic ring is 1. The average molecular weight is 338 g/mol. The van der Waals surface area contributed by atoms with Crippen molar-refractivity contribution < 1.29 is 4.79 Å². The third-order valence-electron chi connectivity index (χ3n) is 4.39. The van der Waals surface area contributed by atoms with E-state index in [-0.39, 0.29) is 11.8 Å². The molecule has 1 amide bonds. The van der Waals surface area contributed by atoms with E-state index in [4.69, 9.17) is 5.73 Å². The summed E-state index contributed by atoms with van der Waals surface area (Å²) in [5.41, 5.74) is 6.94. The largest absolute Gasteiger partial charge is 0.384 e. The standard InChI is InChI=1S/C16H18N8O/c17-13-2-1-12(9-18-13)20-16(25)11-5-7-23(8-6-11)15-4-3-14-21-19-10-24(14)22-15/h1-4,9-11H,5-8H2,(H2,17,18)(H,20,25). The molecule has 9 nitrogen and oxygen atoms in total. The van der Waals surface area contributed by atoms with Crippen molar-refractivity contribution in [2.24, 2.45) is 5.92 Å². The summed E-state index contributed by atoms with van der Waals surface area (Å²) in [6, 6.07) is 7.26. The van der Waals surface area contributed by atoms with Gasteiger partial charge in [0, 0.05) is 19.0 Å². The van der Waals surface area contributed by atoms with E-state index in [0.29, 0.717) is 11.5 Å². The van der Waals surface area contributed by atoms with E-state index < -0.39 is 0 Å². The third kappa shape index (κ3) is 3.21. The van der Waals surface area contributed by atoms with Gasteiger partial charge in [0.1, 0.15) is 18.0 Å². The number of nitrogens with two attached hydrogens (primary N) is 1. The molecule has 0 atom stereocenters. The summed E-state index contributed by atoms with van der Waals surface area (Å²) < 4.78 is 1.65. The molecule has 0 spiro atoms. The lowest BCUT2D eigenvalue weighted by Crippen LogP contribution is -2.38. The van der Waals surface area contributed by atoms with Crippen LogP contribution in [0.15, 0.2) is 36.8 Å². The first-order valence-electron chi connectivity index (χ1n) is 8.13. The zero-order valence-corrected chi connectivity index (χ0v) is 13.5. The molecule has 3 aromatic rings. The summed E-state index contributed by atoms with van der Waals surface area (Å²) in [7, 11) is 0. The van der Waals surface area contributed by atoms with Crippen molar-refractivity contribution in [2.45, 2.75) is 12.8 Å². The highest BCUT2D eigenvalue weighted by Crippen LogP contribution is 2.23. The molecule has 0 bridgehead atoms. The minimum Gasteiger partial charge on any atom is -0.384 e. The summed E-state index contributed by atoms with van der Waals surface area (Å²) in [5, 5.41) is 15.2. The van der Waals surface area contributed by atoms with Gasteiger partial charge in [0.25, 0.3) is 0 Å². The van der Waals surface area contributed by atoms with Crippen molar-refractivity contribution in [3.8, 4) is 0 Å². The lowest BCUT2D eigenvalue weighted by atomic mass is 9.96. The molecule has 1 aliphatic rings. The molecule has 4 rings (SSSR count). The molecule has 1 saturated heterocycles. The maximum atomic E-state index is 12.4. The molecule has 0 aromatic carbocycles. The number of hydrogen-bond acceptors (Lipinski definition) is 7. The van der Waals surface area contributed by atoms with Gasteiger partial charge in [0.05, 0.1) is 11.9 Å². The van der Waals surface area contributed by atoms with E-state index in [1.54, 1.807) is 29.2 Å². The number of anilines is 3. The monoisotopic (exact) mass is 338 g/mol. The Morgan fingerprint density at radius 1 is 1.20 bits per heavy atom. The maximum absolute atomic E-state index is 12.4. The van der Waals surface area contributed by atoms with Gasteiger partial charge in [-0.05, 0) is 37.1 Å². The Labute approximate surface area is 143 Å². The van der Waals surface area contributed by atoms with Gasteiger partial charge in [-0.15, -0.1) is 15.3 Å². The number of aromatic nitrogens is 5. The average Bonchev–Trinajstić information content (AvgIpc) is 3.11. The first kappa shape index (κ1) is 15.3. The van der Waals surface area contributed by atoms with Crippen LogP contribution in [0.25, 0.3) is 5.65 Å². The van der Waals surface area contributed by atoms with Crippen LogP contribution in [0.3, 0.4) is 0 Å². The Morgan fingerprint density at radius 3 is 2.80 bits per heavy atom. The molecule has 4 heterocycles. The van der Waals surface area contributed by atoms with Crippen LogP contribution in [0.4, 0.5) is 17.3 Å². The van der Waals surface area contributed by atoms with Crippen LogP contribution < -0.4 is 16.0 Å². The number of nitrogens with zero attached hydrogens (tertiary/aromatic N) is 6. The Balaban J connectivity index is 1.37. The number of fused-ring (bicyclic) bond motifs is 1. The summed E-state index contributed by atoms with van der Waals surface area (Å²) in [6.45, 7) is 1.55. The Bertz CT molecular complexity index is 883. The molecule has 0 aliphatic carbocycles. The molecule has 0 unspecified atom stereocenters. The fraction of sp³-hybridized carbons (Fsp3) is 0.312. The Hall–Kier alpha value is -3.23. The van der Waals surface area contributed by atoms with Gasteiger partial charge in [-0.25, -0.2) is 4.98 Å². The fourth-order valence-electron chi connectivity index (χ4n) is 2.98. The van der Waals surface area contributed by atoms with E-state index in [1.165, 1.54) is 0 Å². The van der Waals surface area contributed by atoms with Crippen molar-refractivity contribution in [1.82, 2.24) is 24.8 Å².